The van der Waals surface area contributed by atoms with E-state index in [1.165, 1.54) is 0 Å². The number of phenolic OH excluding ortho intramolecular Hbond substituents is 1. The maximum absolute atomic E-state index is 9.49. The molecular weight excluding hydrogens is 256 g/mol. The number of hydrogen-bond donors (Lipinski definition) is 1. The van der Waals surface area contributed by atoms with Crippen molar-refractivity contribution in [2.45, 2.75) is 20.0 Å². The van der Waals surface area contributed by atoms with Gasteiger partial charge in [-0.1, -0.05) is 24.2 Å². The van der Waals surface area contributed by atoms with Crippen LogP contribution in [-0.2, 0) is 13.0 Å². The van der Waals surface area contributed by atoms with Gasteiger partial charge in [-0.25, -0.2) is 0 Å². The zero-order valence-electron chi connectivity index (χ0n) is 11.0. The van der Waals surface area contributed by atoms with Crippen LogP contribution in [0.5, 0.6) is 11.5 Å². The highest BCUT2D eigenvalue weighted by Gasteiger charge is 2.05. The molecule has 1 N–H and O–H groups in total. The van der Waals surface area contributed by atoms with Gasteiger partial charge in [0.2, 0.25) is 11.7 Å². The lowest BCUT2D eigenvalue weighted by atomic mass is 10.1. The Labute approximate surface area is 115 Å². The summed E-state index contributed by atoms with van der Waals surface area (Å²) in [5.74, 6) is 2.07. The second kappa shape index (κ2) is 5.21. The Kier molecular flexibility index (Phi) is 3.25. The number of rotatable bonds is 4. The van der Waals surface area contributed by atoms with Crippen molar-refractivity contribution in [2.75, 3.05) is 0 Å². The molecule has 0 radical (unpaired) electrons. The largest absolute Gasteiger partial charge is 0.508 e. The van der Waals surface area contributed by atoms with Crippen molar-refractivity contribution in [1.29, 1.82) is 0 Å². The highest BCUT2D eigenvalue weighted by atomic mass is 16.5. The van der Waals surface area contributed by atoms with Crippen LogP contribution in [0.15, 0.2) is 40.9 Å². The average Bonchev–Trinajstić information content (AvgIpc) is 2.92. The Morgan fingerprint density at radius 3 is 2.80 bits per heavy atom. The summed E-state index contributed by atoms with van der Waals surface area (Å²) in [6.07, 6.45) is 0.711. The van der Waals surface area contributed by atoms with Gasteiger partial charge in [-0.15, -0.1) is 0 Å². The zero-order chi connectivity index (χ0) is 13.9. The second-order valence-electron chi connectivity index (χ2n) is 4.44. The fourth-order valence-corrected chi connectivity index (χ4v) is 1.94. The number of nitrogens with zero attached hydrogens (tertiary/aromatic N) is 2. The minimum atomic E-state index is 0.236. The normalized spacial score (nSPS) is 10.8. The quantitative estimate of drug-likeness (QED) is 0.789. The third-order valence-corrected chi connectivity index (χ3v) is 2.98. The minimum Gasteiger partial charge on any atom is -0.508 e. The summed E-state index contributed by atoms with van der Waals surface area (Å²) in [6, 6.07) is 10.9. The molecule has 0 bridgehead atoms. The van der Waals surface area contributed by atoms with E-state index >= 15 is 0 Å². The van der Waals surface area contributed by atoms with Crippen molar-refractivity contribution in [3.63, 3.8) is 0 Å². The number of aryl methyl sites for hydroxylation is 1. The van der Waals surface area contributed by atoms with Gasteiger partial charge in [0, 0.05) is 6.42 Å². The van der Waals surface area contributed by atoms with Gasteiger partial charge in [0.1, 0.15) is 11.5 Å². The number of aromatic nitrogens is 2. The summed E-state index contributed by atoms with van der Waals surface area (Å²) in [7, 11) is 0. The summed E-state index contributed by atoms with van der Waals surface area (Å²) in [5.41, 5.74) is 0. The second-order valence-corrected chi connectivity index (χ2v) is 4.44. The number of fused-ring (bicyclic) bond motifs is 1. The molecular formula is C15H14N2O3. The SMILES string of the molecule is CCc1nc(COc2ccc3ccc(O)cc3c2)no1. The summed E-state index contributed by atoms with van der Waals surface area (Å²) in [4.78, 5) is 4.18. The van der Waals surface area contributed by atoms with Gasteiger partial charge in [-0.3, -0.25) is 0 Å². The molecule has 0 aliphatic heterocycles. The van der Waals surface area contributed by atoms with Crippen molar-refractivity contribution >= 4 is 10.8 Å². The molecule has 20 heavy (non-hydrogen) atoms. The van der Waals surface area contributed by atoms with E-state index < -0.39 is 0 Å². The molecule has 2 aromatic carbocycles. The molecule has 0 saturated carbocycles. The van der Waals surface area contributed by atoms with Crippen LogP contribution in [0, 0.1) is 0 Å². The Morgan fingerprint density at radius 2 is 2.00 bits per heavy atom. The van der Waals surface area contributed by atoms with E-state index in [1.54, 1.807) is 12.1 Å². The molecule has 3 aromatic rings. The van der Waals surface area contributed by atoms with E-state index in [-0.39, 0.29) is 12.4 Å². The number of aromatic hydroxyl groups is 1. The van der Waals surface area contributed by atoms with Crippen molar-refractivity contribution in [3.8, 4) is 11.5 Å². The topological polar surface area (TPSA) is 68.4 Å². The lowest BCUT2D eigenvalue weighted by Crippen LogP contribution is -1.97. The summed E-state index contributed by atoms with van der Waals surface area (Å²) < 4.78 is 10.6. The van der Waals surface area contributed by atoms with Crippen LogP contribution in [0.4, 0.5) is 0 Å². The third kappa shape index (κ3) is 2.56. The van der Waals surface area contributed by atoms with E-state index in [9.17, 15) is 5.11 Å². The molecule has 0 aliphatic rings. The molecule has 0 spiro atoms. The molecule has 1 heterocycles. The van der Waals surface area contributed by atoms with Crippen molar-refractivity contribution in [3.05, 3.63) is 48.1 Å². The maximum Gasteiger partial charge on any atom is 0.226 e. The third-order valence-electron chi connectivity index (χ3n) is 2.98. The monoisotopic (exact) mass is 270 g/mol. The smallest absolute Gasteiger partial charge is 0.226 e. The molecule has 0 atom stereocenters. The van der Waals surface area contributed by atoms with Crippen LogP contribution in [0.2, 0.25) is 0 Å². The summed E-state index contributed by atoms with van der Waals surface area (Å²) >= 11 is 0. The van der Waals surface area contributed by atoms with Crippen LogP contribution >= 0.6 is 0 Å². The predicted molar refractivity (Wildman–Crippen MR) is 73.6 cm³/mol. The van der Waals surface area contributed by atoms with E-state index in [2.05, 4.69) is 10.1 Å². The Hall–Kier alpha value is -2.56. The highest BCUT2D eigenvalue weighted by molar-refractivity contribution is 5.85. The zero-order valence-corrected chi connectivity index (χ0v) is 11.0. The van der Waals surface area contributed by atoms with Gasteiger partial charge in [0.05, 0.1) is 0 Å². The molecule has 5 nitrogen and oxygen atoms in total. The molecule has 1 aromatic heterocycles. The summed E-state index contributed by atoms with van der Waals surface area (Å²) in [6.45, 7) is 2.21. The molecule has 0 fully saturated rings. The molecule has 3 rings (SSSR count). The molecule has 0 amide bonds. The van der Waals surface area contributed by atoms with Crippen LogP contribution in [0.1, 0.15) is 18.6 Å². The lowest BCUT2D eigenvalue weighted by molar-refractivity contribution is 0.285. The average molecular weight is 270 g/mol. The number of benzene rings is 2. The van der Waals surface area contributed by atoms with Crippen molar-refractivity contribution in [2.24, 2.45) is 0 Å². The van der Waals surface area contributed by atoms with Crippen molar-refractivity contribution < 1.29 is 14.4 Å². The first-order valence-corrected chi connectivity index (χ1v) is 6.41. The first kappa shape index (κ1) is 12.5. The van der Waals surface area contributed by atoms with Gasteiger partial charge in [0.15, 0.2) is 6.61 Å². The van der Waals surface area contributed by atoms with Gasteiger partial charge in [-0.2, -0.15) is 4.98 Å². The Bertz CT molecular complexity index is 737. The van der Waals surface area contributed by atoms with E-state index in [1.807, 2.05) is 31.2 Å². The van der Waals surface area contributed by atoms with Crippen molar-refractivity contribution in [1.82, 2.24) is 10.1 Å². The summed E-state index contributed by atoms with van der Waals surface area (Å²) in [5, 5.41) is 15.3. The fourth-order valence-electron chi connectivity index (χ4n) is 1.94. The predicted octanol–water partition coefficient (Wildman–Crippen LogP) is 3.07. The molecule has 0 aliphatic carbocycles. The van der Waals surface area contributed by atoms with Crippen LogP contribution in [0.3, 0.4) is 0 Å². The van der Waals surface area contributed by atoms with Gasteiger partial charge in [-0.05, 0) is 35.0 Å². The molecule has 0 saturated heterocycles. The first-order valence-electron chi connectivity index (χ1n) is 6.41. The van der Waals surface area contributed by atoms with Gasteiger partial charge >= 0.3 is 0 Å². The maximum atomic E-state index is 9.49. The van der Waals surface area contributed by atoms with E-state index in [4.69, 9.17) is 9.26 Å². The highest BCUT2D eigenvalue weighted by Crippen LogP contribution is 2.24. The number of ether oxygens (including phenoxy) is 1. The Balaban J connectivity index is 1.76. The first-order chi connectivity index (χ1) is 9.74. The fraction of sp³-hybridized carbons (Fsp3) is 0.200. The van der Waals surface area contributed by atoms with E-state index in [0.717, 1.165) is 10.8 Å². The molecule has 5 heteroatoms. The molecule has 0 unspecified atom stereocenters. The molecule has 102 valence electrons. The minimum absolute atomic E-state index is 0.236. The Morgan fingerprint density at radius 1 is 1.15 bits per heavy atom. The number of hydrogen-bond acceptors (Lipinski definition) is 5. The standard InChI is InChI=1S/C15H14N2O3/c1-2-15-16-14(17-20-15)9-19-13-6-4-10-3-5-12(18)7-11(10)8-13/h3-8,18H,2,9H2,1H3. The van der Waals surface area contributed by atoms with E-state index in [0.29, 0.717) is 23.9 Å². The number of phenols is 1. The van der Waals surface area contributed by atoms with Gasteiger partial charge in [0.25, 0.3) is 0 Å². The van der Waals surface area contributed by atoms with Crippen LogP contribution in [-0.4, -0.2) is 15.2 Å². The van der Waals surface area contributed by atoms with Crippen LogP contribution in [0.25, 0.3) is 10.8 Å². The lowest BCUT2D eigenvalue weighted by Gasteiger charge is -2.05. The van der Waals surface area contributed by atoms with Gasteiger partial charge < -0.3 is 14.4 Å². The van der Waals surface area contributed by atoms with Crippen LogP contribution < -0.4 is 4.74 Å².